The Balaban J connectivity index is 1.57. The Hall–Kier alpha value is -1.65. The van der Waals surface area contributed by atoms with Gasteiger partial charge in [0.25, 0.3) is 0 Å². The SMILES string of the molecule is Cc1ccc2c(c1)c1c(n2CC(O)CNC2CCCCC2)C(=O)CCC1. The zero-order chi connectivity index (χ0) is 18.1. The van der Waals surface area contributed by atoms with Crippen molar-refractivity contribution in [2.45, 2.75) is 77.0 Å². The summed E-state index contributed by atoms with van der Waals surface area (Å²) in [5, 5.41) is 15.4. The molecule has 1 unspecified atom stereocenters. The van der Waals surface area contributed by atoms with Crippen LogP contribution >= 0.6 is 0 Å². The molecular formula is C22H30N2O2. The molecule has 0 saturated heterocycles. The largest absolute Gasteiger partial charge is 0.390 e. The van der Waals surface area contributed by atoms with Crippen molar-refractivity contribution in [1.29, 1.82) is 0 Å². The lowest BCUT2D eigenvalue weighted by atomic mass is 9.94. The van der Waals surface area contributed by atoms with Crippen LogP contribution in [-0.4, -0.2) is 34.1 Å². The molecule has 1 aromatic heterocycles. The van der Waals surface area contributed by atoms with Crippen LogP contribution in [0, 0.1) is 6.92 Å². The predicted molar refractivity (Wildman–Crippen MR) is 105 cm³/mol. The summed E-state index contributed by atoms with van der Waals surface area (Å²) in [7, 11) is 0. The van der Waals surface area contributed by atoms with Crippen LogP contribution in [0.2, 0.25) is 0 Å². The molecule has 4 rings (SSSR count). The lowest BCUT2D eigenvalue weighted by Crippen LogP contribution is -2.38. The number of hydrogen-bond donors (Lipinski definition) is 2. The minimum atomic E-state index is -0.479. The molecule has 2 N–H and O–H groups in total. The summed E-state index contributed by atoms with van der Waals surface area (Å²) >= 11 is 0. The first kappa shape index (κ1) is 17.7. The lowest BCUT2D eigenvalue weighted by Gasteiger charge is -2.25. The predicted octanol–water partition coefficient (Wildman–Crippen LogP) is 3.75. The molecule has 0 amide bonds. The average molecular weight is 354 g/mol. The van der Waals surface area contributed by atoms with E-state index in [4.69, 9.17) is 0 Å². The van der Waals surface area contributed by atoms with Gasteiger partial charge in [0.05, 0.1) is 18.3 Å². The van der Waals surface area contributed by atoms with Crippen LogP contribution in [0.15, 0.2) is 18.2 Å². The fourth-order valence-corrected chi connectivity index (χ4v) is 4.73. The van der Waals surface area contributed by atoms with Crippen molar-refractivity contribution in [3.8, 4) is 0 Å². The first-order chi connectivity index (χ1) is 12.6. The summed E-state index contributed by atoms with van der Waals surface area (Å²) in [5.74, 6) is 0.229. The second-order valence-corrected chi connectivity index (χ2v) is 8.13. The van der Waals surface area contributed by atoms with Crippen molar-refractivity contribution < 1.29 is 9.90 Å². The number of hydrogen-bond acceptors (Lipinski definition) is 3. The summed E-state index contributed by atoms with van der Waals surface area (Å²) < 4.78 is 2.08. The topological polar surface area (TPSA) is 54.3 Å². The molecule has 1 aromatic carbocycles. The smallest absolute Gasteiger partial charge is 0.179 e. The summed E-state index contributed by atoms with van der Waals surface area (Å²) in [4.78, 5) is 12.6. The number of nitrogens with one attached hydrogen (secondary N) is 1. The molecule has 1 saturated carbocycles. The van der Waals surface area contributed by atoms with Gasteiger partial charge in [0.1, 0.15) is 0 Å². The van der Waals surface area contributed by atoms with E-state index in [2.05, 4.69) is 35.0 Å². The molecule has 4 heteroatoms. The standard InChI is InChI=1S/C22H30N2O2/c1-15-10-11-20-19(12-15)18-8-5-9-21(26)22(18)24(20)14-17(25)13-23-16-6-3-2-4-7-16/h10-12,16-17,23,25H,2-9,13-14H2,1H3. The number of ketones is 1. The number of aromatic nitrogens is 1. The molecule has 0 spiro atoms. The minimum Gasteiger partial charge on any atom is -0.390 e. The number of fused-ring (bicyclic) bond motifs is 3. The molecule has 0 radical (unpaired) electrons. The number of Topliss-reactive ketones (excluding diaryl/α,β-unsaturated/α-hetero) is 1. The Kier molecular flexibility index (Phi) is 5.14. The van der Waals surface area contributed by atoms with E-state index in [-0.39, 0.29) is 5.78 Å². The van der Waals surface area contributed by atoms with Gasteiger partial charge in [0.2, 0.25) is 0 Å². The molecule has 1 atom stereocenters. The molecule has 2 aromatic rings. The maximum absolute atomic E-state index is 12.6. The molecule has 0 aliphatic heterocycles. The number of rotatable bonds is 5. The number of aryl methyl sites for hydroxylation is 2. The van der Waals surface area contributed by atoms with E-state index in [0.29, 0.717) is 25.6 Å². The van der Waals surface area contributed by atoms with Crippen LogP contribution in [0.1, 0.15) is 66.6 Å². The minimum absolute atomic E-state index is 0.229. The van der Waals surface area contributed by atoms with Crippen LogP contribution in [0.25, 0.3) is 10.9 Å². The number of carbonyl (C=O) groups excluding carboxylic acids is 1. The van der Waals surface area contributed by atoms with Gasteiger partial charge in [0.15, 0.2) is 5.78 Å². The van der Waals surface area contributed by atoms with E-state index in [0.717, 1.165) is 24.1 Å². The summed E-state index contributed by atoms with van der Waals surface area (Å²) in [6.45, 7) is 3.18. The van der Waals surface area contributed by atoms with E-state index in [9.17, 15) is 9.90 Å². The maximum Gasteiger partial charge on any atom is 0.179 e. The Morgan fingerprint density at radius 2 is 2.00 bits per heavy atom. The van der Waals surface area contributed by atoms with Gasteiger partial charge in [-0.1, -0.05) is 30.9 Å². The zero-order valence-electron chi connectivity index (χ0n) is 15.8. The molecule has 140 valence electrons. The quantitative estimate of drug-likeness (QED) is 0.860. The van der Waals surface area contributed by atoms with E-state index in [1.165, 1.54) is 48.6 Å². The summed E-state index contributed by atoms with van der Waals surface area (Å²) in [6, 6.07) is 6.94. The highest BCUT2D eigenvalue weighted by Crippen LogP contribution is 2.33. The highest BCUT2D eigenvalue weighted by atomic mass is 16.3. The van der Waals surface area contributed by atoms with Crippen LogP contribution in [-0.2, 0) is 13.0 Å². The Bertz CT molecular complexity index is 802. The van der Waals surface area contributed by atoms with Gasteiger partial charge in [-0.3, -0.25) is 4.79 Å². The Labute approximate surface area is 155 Å². The average Bonchev–Trinajstić information content (AvgIpc) is 2.95. The Morgan fingerprint density at radius 1 is 1.19 bits per heavy atom. The number of benzene rings is 1. The van der Waals surface area contributed by atoms with Crippen molar-refractivity contribution in [2.24, 2.45) is 0 Å². The van der Waals surface area contributed by atoms with Crippen molar-refractivity contribution in [1.82, 2.24) is 9.88 Å². The van der Waals surface area contributed by atoms with E-state index >= 15 is 0 Å². The first-order valence-corrected chi connectivity index (χ1v) is 10.2. The molecule has 0 bridgehead atoms. The van der Waals surface area contributed by atoms with Gasteiger partial charge in [0, 0.05) is 29.9 Å². The third-order valence-corrected chi connectivity index (χ3v) is 6.06. The van der Waals surface area contributed by atoms with E-state index in [1.54, 1.807) is 0 Å². The highest BCUT2D eigenvalue weighted by molar-refractivity contribution is 6.04. The highest BCUT2D eigenvalue weighted by Gasteiger charge is 2.27. The number of aliphatic hydroxyl groups is 1. The molecule has 4 nitrogen and oxygen atoms in total. The van der Waals surface area contributed by atoms with Gasteiger partial charge >= 0.3 is 0 Å². The van der Waals surface area contributed by atoms with Gasteiger partial charge in [-0.25, -0.2) is 0 Å². The number of nitrogens with zero attached hydrogens (tertiary/aromatic N) is 1. The molecule has 2 aliphatic carbocycles. The van der Waals surface area contributed by atoms with Crippen molar-refractivity contribution in [3.05, 3.63) is 35.0 Å². The molecule has 1 heterocycles. The zero-order valence-corrected chi connectivity index (χ0v) is 15.8. The molecule has 2 aliphatic rings. The maximum atomic E-state index is 12.6. The second-order valence-electron chi connectivity index (χ2n) is 8.13. The van der Waals surface area contributed by atoms with Crippen molar-refractivity contribution >= 4 is 16.7 Å². The first-order valence-electron chi connectivity index (χ1n) is 10.2. The van der Waals surface area contributed by atoms with Crippen LogP contribution in [0.3, 0.4) is 0 Å². The number of carbonyl (C=O) groups is 1. The fraction of sp³-hybridized carbons (Fsp3) is 0.591. The Morgan fingerprint density at radius 3 is 2.81 bits per heavy atom. The third-order valence-electron chi connectivity index (χ3n) is 6.06. The third kappa shape index (κ3) is 3.45. The van der Waals surface area contributed by atoms with Gasteiger partial charge in [-0.15, -0.1) is 0 Å². The lowest BCUT2D eigenvalue weighted by molar-refractivity contribution is 0.0956. The van der Waals surface area contributed by atoms with E-state index in [1.807, 2.05) is 0 Å². The normalized spacial score (nSPS) is 19.7. The van der Waals surface area contributed by atoms with Crippen LogP contribution < -0.4 is 5.32 Å². The van der Waals surface area contributed by atoms with Gasteiger partial charge < -0.3 is 15.0 Å². The van der Waals surface area contributed by atoms with Crippen LogP contribution in [0.4, 0.5) is 0 Å². The van der Waals surface area contributed by atoms with Crippen molar-refractivity contribution in [2.75, 3.05) is 6.54 Å². The van der Waals surface area contributed by atoms with Gasteiger partial charge in [-0.2, -0.15) is 0 Å². The van der Waals surface area contributed by atoms with E-state index < -0.39 is 6.10 Å². The number of aliphatic hydroxyl groups excluding tert-OH is 1. The summed E-state index contributed by atoms with van der Waals surface area (Å²) in [5.41, 5.74) is 4.34. The second kappa shape index (κ2) is 7.53. The van der Waals surface area contributed by atoms with Gasteiger partial charge in [-0.05, 0) is 50.3 Å². The molecule has 26 heavy (non-hydrogen) atoms. The molecular weight excluding hydrogens is 324 g/mol. The van der Waals surface area contributed by atoms with Crippen LogP contribution in [0.5, 0.6) is 0 Å². The fourth-order valence-electron chi connectivity index (χ4n) is 4.73. The molecule has 1 fully saturated rings. The van der Waals surface area contributed by atoms with Crippen molar-refractivity contribution in [3.63, 3.8) is 0 Å². The monoisotopic (exact) mass is 354 g/mol. The summed E-state index contributed by atoms with van der Waals surface area (Å²) in [6.07, 6.45) is 8.39.